The minimum absolute atomic E-state index is 0.242. The fourth-order valence-electron chi connectivity index (χ4n) is 2.49. The second-order valence-corrected chi connectivity index (χ2v) is 5.59. The van der Waals surface area contributed by atoms with Gasteiger partial charge >= 0.3 is 5.97 Å². The number of carbonyl (C=O) groups excluding carboxylic acids is 1. The molecule has 0 radical (unpaired) electrons. The normalized spacial score (nSPS) is 29.1. The van der Waals surface area contributed by atoms with E-state index in [-0.39, 0.29) is 5.91 Å². The van der Waals surface area contributed by atoms with Gasteiger partial charge in [0.05, 0.1) is 16.4 Å². The molecule has 2 N–H and O–H groups in total. The molecule has 88 valence electrons. The Balaban J connectivity index is 2.16. The van der Waals surface area contributed by atoms with E-state index in [1.54, 1.807) is 12.1 Å². The number of carboxylic acids is 1. The molecule has 0 aromatic heterocycles. The molecule has 1 aliphatic carbocycles. The average Bonchev–Trinajstić information content (AvgIpc) is 2.94. The first kappa shape index (κ1) is 11.0. The molecule has 2 unspecified atom stereocenters. The van der Waals surface area contributed by atoms with E-state index in [1.807, 2.05) is 0 Å². The van der Waals surface area contributed by atoms with Gasteiger partial charge in [-0.2, -0.15) is 0 Å². The Labute approximate surface area is 110 Å². The lowest BCUT2D eigenvalue weighted by Crippen LogP contribution is -2.24. The lowest BCUT2D eigenvalue weighted by Gasteiger charge is -2.07. The maximum Gasteiger partial charge on any atom is 0.307 e. The highest BCUT2D eigenvalue weighted by Crippen LogP contribution is 2.60. The quantitative estimate of drug-likeness (QED) is 0.836. The number of amides is 1. The smallest absolute Gasteiger partial charge is 0.307 e. The lowest BCUT2D eigenvalue weighted by molar-refractivity contribution is -0.140. The number of nitrogens with one attached hydrogen (secondary N) is 1. The van der Waals surface area contributed by atoms with Crippen molar-refractivity contribution in [1.82, 2.24) is 0 Å². The van der Waals surface area contributed by atoms with Gasteiger partial charge in [-0.1, -0.05) is 11.6 Å². The van der Waals surface area contributed by atoms with Crippen molar-refractivity contribution in [3.63, 3.8) is 0 Å². The summed E-state index contributed by atoms with van der Waals surface area (Å²) < 4.78 is 0.671. The standard InChI is InChI=1S/C11H7BrClNO3/c12-6-1-4-8(2-7(6)13)14-10(17)11(4)3-5(11)9(15)16/h1-2,5H,3H2,(H,14,17)(H,15,16). The fourth-order valence-corrected chi connectivity index (χ4v) is 2.99. The number of carboxylic acid groups (broad SMARTS) is 1. The van der Waals surface area contributed by atoms with Gasteiger partial charge < -0.3 is 10.4 Å². The highest BCUT2D eigenvalue weighted by molar-refractivity contribution is 9.10. The van der Waals surface area contributed by atoms with Gasteiger partial charge in [-0.3, -0.25) is 9.59 Å². The van der Waals surface area contributed by atoms with E-state index in [4.69, 9.17) is 16.7 Å². The number of halogens is 2. The molecule has 1 aromatic carbocycles. The summed E-state index contributed by atoms with van der Waals surface area (Å²) in [7, 11) is 0. The van der Waals surface area contributed by atoms with E-state index in [0.29, 0.717) is 21.6 Å². The first-order valence-electron chi connectivity index (χ1n) is 5.00. The van der Waals surface area contributed by atoms with Crippen molar-refractivity contribution in [2.24, 2.45) is 5.92 Å². The summed E-state index contributed by atoms with van der Waals surface area (Å²) in [6, 6.07) is 3.38. The third-order valence-electron chi connectivity index (χ3n) is 3.45. The number of anilines is 1. The molecular weight excluding hydrogens is 309 g/mol. The predicted octanol–water partition coefficient (Wildman–Crippen LogP) is 2.40. The van der Waals surface area contributed by atoms with Crippen LogP contribution in [-0.4, -0.2) is 17.0 Å². The molecule has 2 atom stereocenters. The summed E-state index contributed by atoms with van der Waals surface area (Å²) >= 11 is 9.22. The van der Waals surface area contributed by atoms with Crippen LogP contribution in [0.4, 0.5) is 5.69 Å². The fraction of sp³-hybridized carbons (Fsp3) is 0.273. The Bertz CT molecular complexity index is 574. The van der Waals surface area contributed by atoms with Crippen molar-refractivity contribution in [1.29, 1.82) is 0 Å². The molecule has 3 rings (SSSR count). The van der Waals surface area contributed by atoms with Crippen molar-refractivity contribution in [3.05, 3.63) is 27.2 Å². The monoisotopic (exact) mass is 315 g/mol. The number of carbonyl (C=O) groups is 2. The first-order chi connectivity index (χ1) is 7.96. The maximum absolute atomic E-state index is 11.9. The Kier molecular flexibility index (Phi) is 2.10. The van der Waals surface area contributed by atoms with Crippen LogP contribution in [0.1, 0.15) is 12.0 Å². The van der Waals surface area contributed by atoms with Crippen molar-refractivity contribution >= 4 is 45.1 Å². The highest BCUT2D eigenvalue weighted by atomic mass is 79.9. The minimum Gasteiger partial charge on any atom is -0.481 e. The van der Waals surface area contributed by atoms with Crippen LogP contribution >= 0.6 is 27.5 Å². The van der Waals surface area contributed by atoms with E-state index < -0.39 is 17.3 Å². The van der Waals surface area contributed by atoms with Gasteiger partial charge in [-0.15, -0.1) is 0 Å². The van der Waals surface area contributed by atoms with Gasteiger partial charge in [0.2, 0.25) is 5.91 Å². The molecule has 17 heavy (non-hydrogen) atoms. The van der Waals surface area contributed by atoms with Crippen LogP contribution in [0.5, 0.6) is 0 Å². The summed E-state index contributed by atoms with van der Waals surface area (Å²) in [6.07, 6.45) is 0.356. The van der Waals surface area contributed by atoms with Gasteiger partial charge in [0, 0.05) is 10.2 Å². The Morgan fingerprint density at radius 1 is 1.59 bits per heavy atom. The van der Waals surface area contributed by atoms with Gasteiger partial charge in [0.1, 0.15) is 0 Å². The zero-order chi connectivity index (χ0) is 12.4. The SMILES string of the molecule is O=C(O)C1CC12C(=O)Nc1cc(Cl)c(Br)cc12. The number of benzene rings is 1. The number of fused-ring (bicyclic) bond motifs is 2. The van der Waals surface area contributed by atoms with E-state index in [2.05, 4.69) is 21.2 Å². The van der Waals surface area contributed by atoms with Crippen LogP contribution in [-0.2, 0) is 15.0 Å². The molecule has 1 aliphatic heterocycles. The summed E-state index contributed by atoms with van der Waals surface area (Å²) in [5, 5.41) is 12.2. The van der Waals surface area contributed by atoms with Crippen molar-refractivity contribution in [2.75, 3.05) is 5.32 Å². The Hall–Kier alpha value is -1.07. The molecule has 1 amide bonds. The van der Waals surface area contributed by atoms with Crippen molar-refractivity contribution < 1.29 is 14.7 Å². The summed E-state index contributed by atoms with van der Waals surface area (Å²) in [4.78, 5) is 22.9. The number of rotatable bonds is 1. The summed E-state index contributed by atoms with van der Waals surface area (Å²) in [6.45, 7) is 0. The molecule has 6 heteroatoms. The van der Waals surface area contributed by atoms with Crippen LogP contribution < -0.4 is 5.32 Å². The van der Waals surface area contributed by atoms with Gasteiger partial charge in [0.25, 0.3) is 0 Å². The molecule has 2 aliphatic rings. The number of hydrogen-bond acceptors (Lipinski definition) is 2. The van der Waals surface area contributed by atoms with Crippen LogP contribution in [0.15, 0.2) is 16.6 Å². The molecule has 0 saturated heterocycles. The predicted molar refractivity (Wildman–Crippen MR) is 65.2 cm³/mol. The van der Waals surface area contributed by atoms with E-state index >= 15 is 0 Å². The van der Waals surface area contributed by atoms with Crippen LogP contribution in [0.3, 0.4) is 0 Å². The molecular formula is C11H7BrClNO3. The molecule has 1 fully saturated rings. The molecule has 4 nitrogen and oxygen atoms in total. The largest absolute Gasteiger partial charge is 0.481 e. The zero-order valence-corrected chi connectivity index (χ0v) is 10.8. The lowest BCUT2D eigenvalue weighted by atomic mass is 9.95. The summed E-state index contributed by atoms with van der Waals surface area (Å²) in [5.74, 6) is -1.80. The van der Waals surface area contributed by atoms with Crippen molar-refractivity contribution in [2.45, 2.75) is 11.8 Å². The average molecular weight is 317 g/mol. The van der Waals surface area contributed by atoms with Gasteiger partial charge in [-0.05, 0) is 40.0 Å². The number of aliphatic carboxylic acids is 1. The van der Waals surface area contributed by atoms with E-state index in [9.17, 15) is 9.59 Å². The molecule has 1 saturated carbocycles. The topological polar surface area (TPSA) is 66.4 Å². The second-order valence-electron chi connectivity index (χ2n) is 4.33. The first-order valence-corrected chi connectivity index (χ1v) is 6.17. The van der Waals surface area contributed by atoms with Crippen LogP contribution in [0.2, 0.25) is 5.02 Å². The third-order valence-corrected chi connectivity index (χ3v) is 4.65. The minimum atomic E-state index is -0.931. The molecule has 0 bridgehead atoms. The Morgan fingerprint density at radius 3 is 2.88 bits per heavy atom. The maximum atomic E-state index is 11.9. The van der Waals surface area contributed by atoms with Crippen LogP contribution in [0, 0.1) is 5.92 Å². The second kappa shape index (κ2) is 3.23. The third kappa shape index (κ3) is 1.29. The Morgan fingerprint density at radius 2 is 2.29 bits per heavy atom. The van der Waals surface area contributed by atoms with E-state index in [0.717, 1.165) is 5.56 Å². The molecule has 1 heterocycles. The van der Waals surface area contributed by atoms with E-state index in [1.165, 1.54) is 0 Å². The molecule has 1 aromatic rings. The summed E-state index contributed by atoms with van der Waals surface area (Å²) in [5.41, 5.74) is 0.465. The zero-order valence-electron chi connectivity index (χ0n) is 8.46. The van der Waals surface area contributed by atoms with Crippen LogP contribution in [0.25, 0.3) is 0 Å². The van der Waals surface area contributed by atoms with Gasteiger partial charge in [0.15, 0.2) is 0 Å². The van der Waals surface area contributed by atoms with Crippen molar-refractivity contribution in [3.8, 4) is 0 Å². The molecule has 1 spiro atoms. The van der Waals surface area contributed by atoms with Gasteiger partial charge in [-0.25, -0.2) is 0 Å². The number of hydrogen-bond donors (Lipinski definition) is 2. The highest BCUT2D eigenvalue weighted by Gasteiger charge is 2.68.